The zero-order chi connectivity index (χ0) is 21.2. The summed E-state index contributed by atoms with van der Waals surface area (Å²) in [5.41, 5.74) is 3.40. The van der Waals surface area contributed by atoms with Gasteiger partial charge in [0.15, 0.2) is 0 Å². The number of hydrogen-bond acceptors (Lipinski definition) is 4. The fourth-order valence-electron chi connectivity index (χ4n) is 2.94. The maximum Gasteiger partial charge on any atom is 0.242 e. The Morgan fingerprint density at radius 2 is 1.83 bits per heavy atom. The predicted octanol–water partition coefficient (Wildman–Crippen LogP) is 3.79. The molecule has 2 rings (SSSR count). The van der Waals surface area contributed by atoms with Gasteiger partial charge in [0.1, 0.15) is 11.8 Å². The van der Waals surface area contributed by atoms with Crippen molar-refractivity contribution in [1.82, 2.24) is 10.2 Å². The van der Waals surface area contributed by atoms with E-state index in [0.29, 0.717) is 18.8 Å². The highest BCUT2D eigenvalue weighted by Crippen LogP contribution is 2.19. The van der Waals surface area contributed by atoms with Crippen molar-refractivity contribution in [2.75, 3.05) is 19.4 Å². The fraction of sp³-hybridized carbons (Fsp3) is 0.391. The molecule has 0 heterocycles. The van der Waals surface area contributed by atoms with Gasteiger partial charge < -0.3 is 15.0 Å². The Morgan fingerprint density at radius 3 is 2.45 bits per heavy atom. The number of methoxy groups -OCH3 is 1. The predicted molar refractivity (Wildman–Crippen MR) is 119 cm³/mol. The lowest BCUT2D eigenvalue weighted by Gasteiger charge is -2.28. The summed E-state index contributed by atoms with van der Waals surface area (Å²) in [4.78, 5) is 27.0. The Balaban J connectivity index is 2.06. The van der Waals surface area contributed by atoms with E-state index < -0.39 is 6.04 Å². The van der Waals surface area contributed by atoms with Gasteiger partial charge in [-0.05, 0) is 49.6 Å². The van der Waals surface area contributed by atoms with Gasteiger partial charge in [0, 0.05) is 18.8 Å². The molecule has 0 saturated carbocycles. The Bertz CT molecular complexity index is 808. The van der Waals surface area contributed by atoms with E-state index in [1.807, 2.05) is 43.3 Å². The number of nitrogens with one attached hydrogen (secondary N) is 1. The fourth-order valence-corrected chi connectivity index (χ4v) is 3.92. The van der Waals surface area contributed by atoms with E-state index in [0.717, 1.165) is 17.1 Å². The lowest BCUT2D eigenvalue weighted by molar-refractivity contribution is -0.138. The molecular formula is C23H30N2O3S. The molecule has 0 aliphatic heterocycles. The number of nitrogens with zero attached hydrogens (tertiary/aromatic N) is 1. The zero-order valence-electron chi connectivity index (χ0n) is 17.6. The first-order valence-electron chi connectivity index (χ1n) is 9.78. The molecule has 0 fully saturated rings. The smallest absolute Gasteiger partial charge is 0.242 e. The van der Waals surface area contributed by atoms with Crippen molar-refractivity contribution in [3.8, 4) is 5.75 Å². The first-order valence-corrected chi connectivity index (χ1v) is 10.9. The summed E-state index contributed by atoms with van der Waals surface area (Å²) in [5, 5.41) is 2.81. The second kappa shape index (κ2) is 11.5. The number of amides is 2. The summed E-state index contributed by atoms with van der Waals surface area (Å²) >= 11 is 1.57. The van der Waals surface area contributed by atoms with Crippen molar-refractivity contribution in [3.05, 3.63) is 65.2 Å². The van der Waals surface area contributed by atoms with Gasteiger partial charge in [-0.25, -0.2) is 0 Å². The Kier molecular flexibility index (Phi) is 9.06. The monoisotopic (exact) mass is 414 g/mol. The topological polar surface area (TPSA) is 58.6 Å². The molecule has 1 N–H and O–H groups in total. The summed E-state index contributed by atoms with van der Waals surface area (Å²) in [5.74, 6) is 1.67. The molecule has 0 aliphatic rings. The molecule has 1 atom stereocenters. The van der Waals surface area contributed by atoms with Crippen molar-refractivity contribution in [2.45, 2.75) is 39.1 Å². The standard InChI is InChI=1S/C23H30N2O3S/c1-5-24-23(27)18(3)25(14-19-10-12-21(28-4)13-11-19)22(26)16-29-15-20-9-7-6-8-17(20)2/h6-13,18H,5,14-16H2,1-4H3,(H,24,27)/t18-/m0/s1. The average Bonchev–Trinajstić information content (AvgIpc) is 2.73. The van der Waals surface area contributed by atoms with Gasteiger partial charge in [0.25, 0.3) is 0 Å². The van der Waals surface area contributed by atoms with E-state index in [9.17, 15) is 9.59 Å². The van der Waals surface area contributed by atoms with E-state index in [-0.39, 0.29) is 11.8 Å². The van der Waals surface area contributed by atoms with Crippen molar-refractivity contribution < 1.29 is 14.3 Å². The molecule has 0 aromatic heterocycles. The Hall–Kier alpha value is -2.47. The van der Waals surface area contributed by atoms with Crippen LogP contribution in [0.2, 0.25) is 0 Å². The van der Waals surface area contributed by atoms with Gasteiger partial charge in [-0.15, -0.1) is 11.8 Å². The number of thioether (sulfide) groups is 1. The van der Waals surface area contributed by atoms with E-state index in [2.05, 4.69) is 24.4 Å². The highest BCUT2D eigenvalue weighted by atomic mass is 32.2. The number of likely N-dealkylation sites (N-methyl/N-ethyl adjacent to an activating group) is 1. The molecule has 0 saturated heterocycles. The van der Waals surface area contributed by atoms with Crippen LogP contribution in [-0.4, -0.2) is 42.2 Å². The molecule has 0 radical (unpaired) electrons. The lowest BCUT2D eigenvalue weighted by Crippen LogP contribution is -2.48. The molecule has 2 aromatic rings. The number of aryl methyl sites for hydroxylation is 1. The van der Waals surface area contributed by atoms with Crippen LogP contribution in [0.15, 0.2) is 48.5 Å². The minimum absolute atomic E-state index is 0.0434. The van der Waals surface area contributed by atoms with Crippen LogP contribution < -0.4 is 10.1 Å². The highest BCUT2D eigenvalue weighted by molar-refractivity contribution is 7.99. The van der Waals surface area contributed by atoms with Crippen LogP contribution in [0.5, 0.6) is 5.75 Å². The van der Waals surface area contributed by atoms with Crippen molar-refractivity contribution >= 4 is 23.6 Å². The quantitative estimate of drug-likeness (QED) is 0.643. The average molecular weight is 415 g/mol. The van der Waals surface area contributed by atoms with Crippen LogP contribution in [0.4, 0.5) is 0 Å². The lowest BCUT2D eigenvalue weighted by atomic mass is 10.1. The molecule has 6 heteroatoms. The SMILES string of the molecule is CCNC(=O)[C@H](C)N(Cc1ccc(OC)cc1)C(=O)CSCc1ccccc1C. The summed E-state index contributed by atoms with van der Waals surface area (Å²) < 4.78 is 5.20. The minimum Gasteiger partial charge on any atom is -0.497 e. The highest BCUT2D eigenvalue weighted by Gasteiger charge is 2.25. The summed E-state index contributed by atoms with van der Waals surface area (Å²) in [6.07, 6.45) is 0. The third kappa shape index (κ3) is 6.82. The largest absolute Gasteiger partial charge is 0.497 e. The number of hydrogen-bond donors (Lipinski definition) is 1. The molecule has 0 unspecified atom stereocenters. The van der Waals surface area contributed by atoms with Crippen molar-refractivity contribution in [1.29, 1.82) is 0 Å². The van der Waals surface area contributed by atoms with Crippen LogP contribution in [-0.2, 0) is 21.9 Å². The normalized spacial score (nSPS) is 11.6. The summed E-state index contributed by atoms with van der Waals surface area (Å²) in [6, 6.07) is 15.2. The van der Waals surface area contributed by atoms with Crippen LogP contribution in [0.1, 0.15) is 30.5 Å². The number of rotatable bonds is 10. The molecule has 0 bridgehead atoms. The van der Waals surface area contributed by atoms with Crippen LogP contribution in [0.3, 0.4) is 0 Å². The van der Waals surface area contributed by atoms with Crippen molar-refractivity contribution in [3.63, 3.8) is 0 Å². The van der Waals surface area contributed by atoms with Crippen molar-refractivity contribution in [2.24, 2.45) is 0 Å². The van der Waals surface area contributed by atoms with E-state index in [1.54, 1.807) is 30.7 Å². The third-order valence-electron chi connectivity index (χ3n) is 4.77. The molecule has 5 nitrogen and oxygen atoms in total. The van der Waals surface area contributed by atoms with Gasteiger partial charge in [-0.3, -0.25) is 9.59 Å². The zero-order valence-corrected chi connectivity index (χ0v) is 18.4. The second-order valence-corrected chi connectivity index (χ2v) is 7.85. The second-order valence-electron chi connectivity index (χ2n) is 6.86. The number of benzene rings is 2. The van der Waals surface area contributed by atoms with Crippen LogP contribution in [0, 0.1) is 6.92 Å². The molecule has 2 amide bonds. The number of ether oxygens (including phenoxy) is 1. The number of carbonyl (C=O) groups is 2. The number of carbonyl (C=O) groups excluding carboxylic acids is 2. The minimum atomic E-state index is -0.538. The van der Waals surface area contributed by atoms with Gasteiger partial charge in [0.05, 0.1) is 12.9 Å². The van der Waals surface area contributed by atoms with Crippen LogP contribution in [0.25, 0.3) is 0 Å². The molecule has 156 valence electrons. The van der Waals surface area contributed by atoms with Crippen LogP contribution >= 0.6 is 11.8 Å². The maximum atomic E-state index is 13.0. The molecule has 2 aromatic carbocycles. The van der Waals surface area contributed by atoms with E-state index >= 15 is 0 Å². The summed E-state index contributed by atoms with van der Waals surface area (Å²) in [6.45, 7) is 6.64. The molecule has 0 spiro atoms. The van der Waals surface area contributed by atoms with Gasteiger partial charge in [-0.1, -0.05) is 36.4 Å². The summed E-state index contributed by atoms with van der Waals surface area (Å²) in [7, 11) is 1.62. The van der Waals surface area contributed by atoms with E-state index in [1.165, 1.54) is 11.1 Å². The Morgan fingerprint density at radius 1 is 1.14 bits per heavy atom. The maximum absolute atomic E-state index is 13.0. The third-order valence-corrected chi connectivity index (χ3v) is 5.74. The van der Waals surface area contributed by atoms with Gasteiger partial charge >= 0.3 is 0 Å². The Labute approximate surface area is 177 Å². The molecule has 29 heavy (non-hydrogen) atoms. The van der Waals surface area contributed by atoms with E-state index in [4.69, 9.17) is 4.74 Å². The molecule has 0 aliphatic carbocycles. The molecular weight excluding hydrogens is 384 g/mol. The van der Waals surface area contributed by atoms with Gasteiger partial charge in [0.2, 0.25) is 11.8 Å². The first kappa shape index (κ1) is 22.8. The first-order chi connectivity index (χ1) is 14.0. The van der Waals surface area contributed by atoms with Gasteiger partial charge in [-0.2, -0.15) is 0 Å².